The second-order valence-electron chi connectivity index (χ2n) is 5.97. The number of fused-ring (bicyclic) bond motifs is 2. The Labute approximate surface area is 138 Å². The number of benzene rings is 1. The van der Waals surface area contributed by atoms with Crippen molar-refractivity contribution in [3.8, 4) is 0 Å². The lowest BCUT2D eigenvalue weighted by atomic mass is 10.0. The van der Waals surface area contributed by atoms with Gasteiger partial charge in [0.05, 0.1) is 24.1 Å². The van der Waals surface area contributed by atoms with E-state index in [1.165, 1.54) is 10.9 Å². The molecule has 0 radical (unpaired) electrons. The number of hydrogen-bond acceptors (Lipinski definition) is 4. The normalized spacial score (nSPS) is 13.8. The Morgan fingerprint density at radius 1 is 1.21 bits per heavy atom. The fourth-order valence-corrected chi connectivity index (χ4v) is 3.08. The molecule has 0 spiro atoms. The third-order valence-corrected chi connectivity index (χ3v) is 4.42. The van der Waals surface area contributed by atoms with Gasteiger partial charge in [0, 0.05) is 36.3 Å². The van der Waals surface area contributed by atoms with Crippen molar-refractivity contribution < 1.29 is 4.79 Å². The monoisotopic (exact) mass is 320 g/mol. The molecule has 0 unspecified atom stereocenters. The van der Waals surface area contributed by atoms with Crippen LogP contribution in [0.4, 0.5) is 0 Å². The van der Waals surface area contributed by atoms with Crippen LogP contribution in [-0.2, 0) is 20.0 Å². The number of aromatic nitrogens is 3. The molecule has 1 aliphatic rings. The number of aryl methyl sites for hydroxylation is 1. The maximum Gasteiger partial charge on any atom is 0.256 e. The molecular weight excluding hydrogens is 304 g/mol. The maximum atomic E-state index is 12.8. The van der Waals surface area contributed by atoms with Gasteiger partial charge in [-0.3, -0.25) is 14.6 Å². The number of carbonyl (C=O) groups is 1. The topological polar surface area (TPSA) is 68.1 Å². The highest BCUT2D eigenvalue weighted by molar-refractivity contribution is 5.98. The van der Waals surface area contributed by atoms with Crippen LogP contribution in [0.2, 0.25) is 0 Å². The van der Waals surface area contributed by atoms with Gasteiger partial charge in [0.2, 0.25) is 0 Å². The van der Waals surface area contributed by atoms with Gasteiger partial charge in [-0.05, 0) is 30.7 Å². The molecule has 0 aliphatic carbocycles. The number of amides is 1. The van der Waals surface area contributed by atoms with Crippen LogP contribution >= 0.6 is 0 Å². The fourth-order valence-electron chi connectivity index (χ4n) is 3.08. The summed E-state index contributed by atoms with van der Waals surface area (Å²) in [5, 5.41) is 0.938. The second kappa shape index (κ2) is 5.56. The minimum atomic E-state index is -0.0473. The quantitative estimate of drug-likeness (QED) is 0.682. The fraction of sp³-hybridized carbons (Fsp3) is 0.222. The molecule has 0 saturated heterocycles. The molecule has 1 aromatic carbocycles. The van der Waals surface area contributed by atoms with E-state index in [4.69, 9.17) is 0 Å². The highest BCUT2D eigenvalue weighted by Crippen LogP contribution is 2.19. The molecule has 3 heterocycles. The van der Waals surface area contributed by atoms with Crippen molar-refractivity contribution in [2.45, 2.75) is 13.0 Å². The molecule has 6 nitrogen and oxygen atoms in total. The van der Waals surface area contributed by atoms with Gasteiger partial charge in [-0.15, -0.1) is 0 Å². The predicted molar refractivity (Wildman–Crippen MR) is 89.7 cm³/mol. The van der Waals surface area contributed by atoms with Crippen LogP contribution < -0.4 is 5.56 Å². The largest absolute Gasteiger partial charge is 0.332 e. The molecule has 0 fully saturated rings. The molecular formula is C18H16N4O2. The average Bonchev–Trinajstić information content (AvgIpc) is 2.63. The van der Waals surface area contributed by atoms with Crippen molar-refractivity contribution in [2.24, 2.45) is 7.05 Å². The second-order valence-corrected chi connectivity index (χ2v) is 5.97. The molecule has 0 N–H and O–H groups in total. The third kappa shape index (κ3) is 2.36. The lowest BCUT2D eigenvalue weighted by Gasteiger charge is -2.28. The van der Waals surface area contributed by atoms with E-state index in [0.29, 0.717) is 36.3 Å². The summed E-state index contributed by atoms with van der Waals surface area (Å²) in [4.78, 5) is 35.2. The van der Waals surface area contributed by atoms with Gasteiger partial charge in [0.1, 0.15) is 0 Å². The highest BCUT2D eigenvalue weighted by Gasteiger charge is 2.24. The average molecular weight is 320 g/mol. The summed E-state index contributed by atoms with van der Waals surface area (Å²) in [6, 6.07) is 9.31. The van der Waals surface area contributed by atoms with Gasteiger partial charge in [-0.1, -0.05) is 6.07 Å². The Kier molecular flexibility index (Phi) is 3.37. The highest BCUT2D eigenvalue weighted by atomic mass is 16.2. The molecule has 4 rings (SSSR count). The first-order valence-electron chi connectivity index (χ1n) is 7.81. The standard InChI is InChI=1S/C18H16N4O2/c1-21-11-20-16-10-22(8-6-14(16)18(21)24)17(23)13-4-5-15-12(9-13)3-2-7-19-15/h2-5,7,9,11H,6,8,10H2,1H3. The van der Waals surface area contributed by atoms with Crippen molar-refractivity contribution in [2.75, 3.05) is 6.54 Å². The van der Waals surface area contributed by atoms with Crippen molar-refractivity contribution in [3.05, 3.63) is 70.0 Å². The van der Waals surface area contributed by atoms with Crippen LogP contribution in [0.3, 0.4) is 0 Å². The Morgan fingerprint density at radius 2 is 2.08 bits per heavy atom. The number of nitrogens with zero attached hydrogens (tertiary/aromatic N) is 4. The lowest BCUT2D eigenvalue weighted by Crippen LogP contribution is -2.40. The Hall–Kier alpha value is -3.02. The molecule has 1 amide bonds. The number of pyridine rings is 1. The Bertz CT molecular complexity index is 1010. The zero-order valence-corrected chi connectivity index (χ0v) is 13.3. The summed E-state index contributed by atoms with van der Waals surface area (Å²) in [6.45, 7) is 0.896. The van der Waals surface area contributed by atoms with E-state index in [1.54, 1.807) is 24.2 Å². The van der Waals surface area contributed by atoms with E-state index in [2.05, 4.69) is 9.97 Å². The summed E-state index contributed by atoms with van der Waals surface area (Å²) in [5.74, 6) is -0.0473. The van der Waals surface area contributed by atoms with Crippen molar-refractivity contribution in [1.29, 1.82) is 0 Å². The molecule has 3 aromatic rings. The summed E-state index contributed by atoms with van der Waals surface area (Å²) in [5.41, 5.74) is 2.88. The van der Waals surface area contributed by atoms with E-state index < -0.39 is 0 Å². The van der Waals surface area contributed by atoms with E-state index in [1.807, 2.05) is 24.3 Å². The van der Waals surface area contributed by atoms with Crippen LogP contribution in [0, 0.1) is 0 Å². The van der Waals surface area contributed by atoms with E-state index in [0.717, 1.165) is 10.9 Å². The summed E-state index contributed by atoms with van der Waals surface area (Å²) in [6.07, 6.45) is 3.78. The summed E-state index contributed by atoms with van der Waals surface area (Å²) in [7, 11) is 1.69. The van der Waals surface area contributed by atoms with Gasteiger partial charge in [0.15, 0.2) is 0 Å². The Morgan fingerprint density at radius 3 is 2.96 bits per heavy atom. The van der Waals surface area contributed by atoms with Gasteiger partial charge in [-0.2, -0.15) is 0 Å². The van der Waals surface area contributed by atoms with Gasteiger partial charge in [-0.25, -0.2) is 4.98 Å². The maximum absolute atomic E-state index is 12.8. The first-order valence-corrected chi connectivity index (χ1v) is 7.81. The molecule has 24 heavy (non-hydrogen) atoms. The molecule has 0 saturated carbocycles. The molecule has 2 aromatic heterocycles. The van der Waals surface area contributed by atoms with Crippen molar-refractivity contribution in [1.82, 2.24) is 19.4 Å². The number of rotatable bonds is 1. The van der Waals surface area contributed by atoms with Gasteiger partial charge < -0.3 is 9.47 Å². The third-order valence-electron chi connectivity index (χ3n) is 4.42. The van der Waals surface area contributed by atoms with Crippen LogP contribution in [0.25, 0.3) is 10.9 Å². The minimum absolute atomic E-state index is 0.0242. The van der Waals surface area contributed by atoms with Crippen LogP contribution in [0.1, 0.15) is 21.6 Å². The summed E-state index contributed by atoms with van der Waals surface area (Å²) < 4.78 is 1.48. The molecule has 1 aliphatic heterocycles. The smallest absolute Gasteiger partial charge is 0.256 e. The lowest BCUT2D eigenvalue weighted by molar-refractivity contribution is 0.0731. The first kappa shape index (κ1) is 14.6. The van der Waals surface area contributed by atoms with Crippen LogP contribution in [0.5, 0.6) is 0 Å². The molecule has 0 bridgehead atoms. The Balaban J connectivity index is 1.65. The molecule has 0 atom stereocenters. The van der Waals surface area contributed by atoms with E-state index in [-0.39, 0.29) is 11.5 Å². The molecule has 120 valence electrons. The minimum Gasteiger partial charge on any atom is -0.332 e. The SMILES string of the molecule is Cn1cnc2c(c1=O)CCN(C(=O)c1ccc3ncccc3c1)C2. The number of carbonyl (C=O) groups excluding carboxylic acids is 1. The van der Waals surface area contributed by atoms with Crippen molar-refractivity contribution >= 4 is 16.8 Å². The van der Waals surface area contributed by atoms with E-state index in [9.17, 15) is 9.59 Å². The van der Waals surface area contributed by atoms with Gasteiger partial charge >= 0.3 is 0 Å². The first-order chi connectivity index (χ1) is 11.6. The van der Waals surface area contributed by atoms with Crippen LogP contribution in [-0.4, -0.2) is 31.9 Å². The summed E-state index contributed by atoms with van der Waals surface area (Å²) >= 11 is 0. The number of hydrogen-bond donors (Lipinski definition) is 0. The van der Waals surface area contributed by atoms with E-state index >= 15 is 0 Å². The predicted octanol–water partition coefficient (Wildman–Crippen LogP) is 1.53. The van der Waals surface area contributed by atoms with Crippen LogP contribution in [0.15, 0.2) is 47.7 Å². The zero-order valence-electron chi connectivity index (χ0n) is 13.3. The van der Waals surface area contributed by atoms with Gasteiger partial charge in [0.25, 0.3) is 11.5 Å². The zero-order chi connectivity index (χ0) is 16.7. The molecule has 6 heteroatoms. The van der Waals surface area contributed by atoms with Crippen molar-refractivity contribution in [3.63, 3.8) is 0 Å².